The number of carbonyl (C=O) groups excluding carboxylic acids is 1. The molecule has 0 aromatic carbocycles. The van der Waals surface area contributed by atoms with Crippen LogP contribution in [0.15, 0.2) is 6.07 Å². The maximum atomic E-state index is 11.7. The molecule has 0 atom stereocenters. The first-order chi connectivity index (χ1) is 8.47. The van der Waals surface area contributed by atoms with E-state index in [-0.39, 0.29) is 24.1 Å². The van der Waals surface area contributed by atoms with Gasteiger partial charge in [-0.2, -0.15) is 0 Å². The number of aryl methyl sites for hydroxylation is 1. The van der Waals surface area contributed by atoms with Crippen molar-refractivity contribution in [2.45, 2.75) is 19.8 Å². The molecule has 18 heavy (non-hydrogen) atoms. The summed E-state index contributed by atoms with van der Waals surface area (Å²) in [5.41, 5.74) is 0.610. The number of carbonyl (C=O) groups is 1. The van der Waals surface area contributed by atoms with E-state index >= 15 is 0 Å². The number of rotatable bonds is 6. The van der Waals surface area contributed by atoms with Crippen molar-refractivity contribution in [2.24, 2.45) is 0 Å². The van der Waals surface area contributed by atoms with Crippen LogP contribution < -0.4 is 5.32 Å². The number of halogens is 3. The number of ether oxygens (including phenoxy) is 1. The fraction of sp³-hybridized carbons (Fsp3) is 0.500. The van der Waals surface area contributed by atoms with E-state index in [4.69, 9.17) is 11.6 Å². The van der Waals surface area contributed by atoms with Crippen molar-refractivity contribution in [2.75, 3.05) is 18.5 Å². The number of nitrogens with one attached hydrogen (secondary N) is 1. The Morgan fingerprint density at radius 2 is 2.28 bits per heavy atom. The van der Waals surface area contributed by atoms with Gasteiger partial charge in [0.2, 0.25) is 11.9 Å². The summed E-state index contributed by atoms with van der Waals surface area (Å²) in [6.45, 7) is 0.935. The van der Waals surface area contributed by atoms with Gasteiger partial charge >= 0.3 is 0 Å². The van der Waals surface area contributed by atoms with Gasteiger partial charge < -0.3 is 4.74 Å². The molecule has 1 aromatic rings. The minimum atomic E-state index is -2.54. The first-order valence-corrected chi connectivity index (χ1v) is 5.52. The summed E-state index contributed by atoms with van der Waals surface area (Å²) in [4.78, 5) is 19.1. The number of anilines is 1. The van der Waals surface area contributed by atoms with Crippen molar-refractivity contribution < 1.29 is 18.3 Å². The highest BCUT2D eigenvalue weighted by Crippen LogP contribution is 2.09. The van der Waals surface area contributed by atoms with E-state index < -0.39 is 18.9 Å². The van der Waals surface area contributed by atoms with E-state index in [1.807, 2.05) is 0 Å². The molecule has 1 rings (SSSR count). The molecule has 1 N–H and O–H groups in total. The maximum absolute atomic E-state index is 11.7. The van der Waals surface area contributed by atoms with E-state index in [0.29, 0.717) is 5.69 Å². The Morgan fingerprint density at radius 1 is 1.56 bits per heavy atom. The van der Waals surface area contributed by atoms with E-state index in [2.05, 4.69) is 20.0 Å². The summed E-state index contributed by atoms with van der Waals surface area (Å²) < 4.78 is 28.0. The van der Waals surface area contributed by atoms with Crippen LogP contribution in [0.25, 0.3) is 0 Å². The van der Waals surface area contributed by atoms with Crippen molar-refractivity contribution in [3.05, 3.63) is 16.9 Å². The van der Waals surface area contributed by atoms with Crippen LogP contribution in [0, 0.1) is 6.92 Å². The van der Waals surface area contributed by atoms with Crippen LogP contribution >= 0.6 is 11.6 Å². The second kappa shape index (κ2) is 7.17. The molecule has 0 unspecified atom stereocenters. The summed E-state index contributed by atoms with van der Waals surface area (Å²) in [7, 11) is 0. The zero-order chi connectivity index (χ0) is 13.5. The molecule has 1 heterocycles. The lowest BCUT2D eigenvalue weighted by Gasteiger charge is -2.05. The molecule has 0 aliphatic carbocycles. The Bertz CT molecular complexity index is 398. The third-order valence-corrected chi connectivity index (χ3v) is 1.99. The quantitative estimate of drug-likeness (QED) is 0.639. The number of amides is 1. The fourth-order valence-electron chi connectivity index (χ4n) is 1.11. The van der Waals surface area contributed by atoms with Crippen molar-refractivity contribution in [1.29, 1.82) is 0 Å². The normalized spacial score (nSPS) is 10.7. The molecule has 5 nitrogen and oxygen atoms in total. The predicted molar refractivity (Wildman–Crippen MR) is 61.8 cm³/mol. The van der Waals surface area contributed by atoms with Crippen LogP contribution in [0.3, 0.4) is 0 Å². The molecule has 0 bridgehead atoms. The Morgan fingerprint density at radius 3 is 2.89 bits per heavy atom. The highest BCUT2D eigenvalue weighted by atomic mass is 35.5. The molecule has 0 saturated carbocycles. The molecule has 100 valence electrons. The molecule has 8 heteroatoms. The van der Waals surface area contributed by atoms with Gasteiger partial charge in [0.1, 0.15) is 11.8 Å². The monoisotopic (exact) mass is 279 g/mol. The summed E-state index contributed by atoms with van der Waals surface area (Å²) in [6, 6.07) is 1.54. The smallest absolute Gasteiger partial charge is 0.261 e. The van der Waals surface area contributed by atoms with Crippen LogP contribution in [0.4, 0.5) is 14.7 Å². The second-order valence-electron chi connectivity index (χ2n) is 3.42. The molecule has 0 aliphatic rings. The Balaban J connectivity index is 2.35. The average molecular weight is 280 g/mol. The van der Waals surface area contributed by atoms with E-state index in [9.17, 15) is 13.6 Å². The lowest BCUT2D eigenvalue weighted by Crippen LogP contribution is -2.17. The highest BCUT2D eigenvalue weighted by Gasteiger charge is 2.07. The zero-order valence-electron chi connectivity index (χ0n) is 9.62. The fourth-order valence-corrected chi connectivity index (χ4v) is 1.35. The van der Waals surface area contributed by atoms with Gasteiger partial charge in [0.25, 0.3) is 6.43 Å². The van der Waals surface area contributed by atoms with Gasteiger partial charge in [0.05, 0.1) is 13.0 Å². The highest BCUT2D eigenvalue weighted by molar-refractivity contribution is 6.29. The molecule has 0 aliphatic heterocycles. The predicted octanol–water partition coefficient (Wildman–Crippen LogP) is 2.05. The van der Waals surface area contributed by atoms with Crippen molar-refractivity contribution in [1.82, 2.24) is 9.97 Å². The van der Waals surface area contributed by atoms with Crippen molar-refractivity contribution in [3.63, 3.8) is 0 Å². The first-order valence-electron chi connectivity index (χ1n) is 5.14. The van der Waals surface area contributed by atoms with Crippen LogP contribution in [-0.4, -0.2) is 35.5 Å². The van der Waals surface area contributed by atoms with E-state index in [1.165, 1.54) is 0 Å². The zero-order valence-corrected chi connectivity index (χ0v) is 10.4. The Kier molecular flexibility index (Phi) is 5.87. The Hall–Kier alpha value is -1.34. The van der Waals surface area contributed by atoms with Crippen LogP contribution in [0.2, 0.25) is 5.15 Å². The summed E-state index contributed by atoms with van der Waals surface area (Å²) in [5.74, 6) is -0.343. The van der Waals surface area contributed by atoms with Gasteiger partial charge in [-0.3, -0.25) is 10.1 Å². The summed E-state index contributed by atoms with van der Waals surface area (Å²) in [5, 5.41) is 2.61. The minimum absolute atomic E-state index is 0.0539. The SMILES string of the molecule is Cc1cc(Cl)nc(NC(=O)CCOCC(F)F)n1. The van der Waals surface area contributed by atoms with E-state index in [1.54, 1.807) is 13.0 Å². The standard InChI is InChI=1S/C10H12ClF2N3O2/c1-6-4-7(11)15-10(14-6)16-9(17)2-3-18-5-8(12)13/h4,8H,2-3,5H2,1H3,(H,14,15,16,17). The first kappa shape index (κ1) is 14.7. The largest absolute Gasteiger partial charge is 0.375 e. The third kappa shape index (κ3) is 5.83. The van der Waals surface area contributed by atoms with Gasteiger partial charge in [-0.1, -0.05) is 11.6 Å². The van der Waals surface area contributed by atoms with E-state index in [0.717, 1.165) is 0 Å². The number of aromatic nitrogens is 2. The number of hydrogen-bond acceptors (Lipinski definition) is 4. The molecule has 0 saturated heterocycles. The number of alkyl halides is 2. The molecule has 0 fully saturated rings. The van der Waals surface area contributed by atoms with Gasteiger partial charge in [-0.25, -0.2) is 18.7 Å². The van der Waals surface area contributed by atoms with Gasteiger partial charge in [0, 0.05) is 5.69 Å². The van der Waals surface area contributed by atoms with Crippen molar-refractivity contribution >= 4 is 23.5 Å². The molecular weight excluding hydrogens is 268 g/mol. The molecular formula is C10H12ClF2N3O2. The number of hydrogen-bond donors (Lipinski definition) is 1. The Labute approximate surface area is 108 Å². The third-order valence-electron chi connectivity index (χ3n) is 1.79. The summed E-state index contributed by atoms with van der Waals surface area (Å²) in [6.07, 6.45) is -2.59. The number of nitrogens with zero attached hydrogens (tertiary/aromatic N) is 2. The van der Waals surface area contributed by atoms with Crippen LogP contribution in [0.5, 0.6) is 0 Å². The lowest BCUT2D eigenvalue weighted by molar-refractivity contribution is -0.117. The molecule has 1 aromatic heterocycles. The topological polar surface area (TPSA) is 64.1 Å². The minimum Gasteiger partial charge on any atom is -0.375 e. The second-order valence-corrected chi connectivity index (χ2v) is 3.81. The lowest BCUT2D eigenvalue weighted by atomic mass is 10.4. The maximum Gasteiger partial charge on any atom is 0.261 e. The molecule has 0 radical (unpaired) electrons. The van der Waals surface area contributed by atoms with Gasteiger partial charge in [-0.05, 0) is 13.0 Å². The molecule has 0 spiro atoms. The summed E-state index contributed by atoms with van der Waals surface area (Å²) >= 11 is 5.68. The van der Waals surface area contributed by atoms with Crippen LogP contribution in [0.1, 0.15) is 12.1 Å². The van der Waals surface area contributed by atoms with Crippen molar-refractivity contribution in [3.8, 4) is 0 Å². The average Bonchev–Trinajstić information content (AvgIpc) is 2.22. The van der Waals surface area contributed by atoms with Gasteiger partial charge in [-0.15, -0.1) is 0 Å². The van der Waals surface area contributed by atoms with Crippen LogP contribution in [-0.2, 0) is 9.53 Å². The molecule has 1 amide bonds. The van der Waals surface area contributed by atoms with Gasteiger partial charge in [0.15, 0.2) is 0 Å².